The highest BCUT2D eigenvalue weighted by molar-refractivity contribution is 5.65. The second-order valence-corrected chi connectivity index (χ2v) is 4.98. The van der Waals surface area contributed by atoms with Crippen LogP contribution < -0.4 is 0 Å². The first kappa shape index (κ1) is 11.4. The van der Waals surface area contributed by atoms with E-state index in [9.17, 15) is 0 Å². The fourth-order valence-electron chi connectivity index (χ4n) is 1.61. The number of rotatable bonds is 1. The molecule has 0 radical (unpaired) electrons. The molecule has 0 fully saturated rings. The van der Waals surface area contributed by atoms with E-state index in [0.29, 0.717) is 5.56 Å². The molecule has 0 unspecified atom stereocenters. The lowest BCUT2D eigenvalue weighted by atomic mass is 10.1. The number of aromatic nitrogens is 2. The van der Waals surface area contributed by atoms with Gasteiger partial charge in [-0.15, -0.1) is 0 Å². The van der Waals surface area contributed by atoms with Crippen LogP contribution in [-0.4, -0.2) is 9.78 Å². The molecule has 1 aromatic carbocycles. The Hall–Kier alpha value is -2.08. The summed E-state index contributed by atoms with van der Waals surface area (Å²) in [5.41, 5.74) is 2.24. The highest BCUT2D eigenvalue weighted by atomic mass is 15.3. The Balaban J connectivity index is 2.56. The summed E-state index contributed by atoms with van der Waals surface area (Å²) in [4.78, 5) is 0. The quantitative estimate of drug-likeness (QED) is 0.748. The van der Waals surface area contributed by atoms with Crippen molar-refractivity contribution in [3.8, 4) is 17.3 Å². The highest BCUT2D eigenvalue weighted by Gasteiger charge is 2.18. The monoisotopic (exact) mass is 225 g/mol. The lowest BCUT2D eigenvalue weighted by Crippen LogP contribution is -2.22. The first-order valence-corrected chi connectivity index (χ1v) is 5.58. The molecule has 86 valence electrons. The Morgan fingerprint density at radius 2 is 1.82 bits per heavy atom. The van der Waals surface area contributed by atoms with Crippen LogP contribution in [0.25, 0.3) is 11.3 Å². The molecule has 0 aliphatic heterocycles. The zero-order valence-electron chi connectivity index (χ0n) is 10.3. The molecule has 0 bridgehead atoms. The van der Waals surface area contributed by atoms with Crippen molar-refractivity contribution in [1.82, 2.24) is 9.78 Å². The van der Waals surface area contributed by atoms with E-state index in [0.717, 1.165) is 11.3 Å². The predicted molar refractivity (Wildman–Crippen MR) is 67.4 cm³/mol. The lowest BCUT2D eigenvalue weighted by molar-refractivity contribution is 0.356. The van der Waals surface area contributed by atoms with Crippen molar-refractivity contribution in [3.63, 3.8) is 0 Å². The van der Waals surface area contributed by atoms with Crippen molar-refractivity contribution < 1.29 is 0 Å². The zero-order valence-corrected chi connectivity index (χ0v) is 10.3. The van der Waals surface area contributed by atoms with Gasteiger partial charge in [-0.3, -0.25) is 4.68 Å². The average molecular weight is 225 g/mol. The van der Waals surface area contributed by atoms with Gasteiger partial charge in [0.2, 0.25) is 0 Å². The maximum Gasteiger partial charge on any atom is 0.110 e. The van der Waals surface area contributed by atoms with E-state index < -0.39 is 0 Å². The van der Waals surface area contributed by atoms with Crippen LogP contribution in [0.1, 0.15) is 26.3 Å². The van der Waals surface area contributed by atoms with E-state index >= 15 is 0 Å². The van der Waals surface area contributed by atoms with E-state index in [1.807, 2.05) is 41.2 Å². The van der Waals surface area contributed by atoms with Crippen LogP contribution in [-0.2, 0) is 5.54 Å². The van der Waals surface area contributed by atoms with E-state index in [4.69, 9.17) is 5.26 Å². The summed E-state index contributed by atoms with van der Waals surface area (Å²) in [5, 5.41) is 13.7. The summed E-state index contributed by atoms with van der Waals surface area (Å²) in [6.45, 7) is 6.20. The Morgan fingerprint density at radius 3 is 2.35 bits per heavy atom. The molecule has 0 spiro atoms. The smallest absolute Gasteiger partial charge is 0.110 e. The lowest BCUT2D eigenvalue weighted by Gasteiger charge is -2.18. The van der Waals surface area contributed by atoms with Gasteiger partial charge in [0.25, 0.3) is 0 Å². The minimum Gasteiger partial charge on any atom is -0.265 e. The maximum atomic E-state index is 9.16. The molecular formula is C14H15N3. The summed E-state index contributed by atoms with van der Waals surface area (Å²) >= 11 is 0. The van der Waals surface area contributed by atoms with Crippen molar-refractivity contribution >= 4 is 0 Å². The second-order valence-electron chi connectivity index (χ2n) is 4.98. The number of benzene rings is 1. The molecule has 0 atom stereocenters. The molecule has 2 aromatic rings. The van der Waals surface area contributed by atoms with Gasteiger partial charge in [-0.1, -0.05) is 30.3 Å². The van der Waals surface area contributed by atoms with Crippen molar-refractivity contribution in [2.75, 3.05) is 0 Å². The molecule has 3 heteroatoms. The van der Waals surface area contributed by atoms with Gasteiger partial charge in [0.15, 0.2) is 0 Å². The van der Waals surface area contributed by atoms with Gasteiger partial charge in [0.1, 0.15) is 11.8 Å². The molecule has 2 rings (SSSR count). The first-order valence-electron chi connectivity index (χ1n) is 5.58. The second kappa shape index (κ2) is 4.06. The molecule has 0 N–H and O–H groups in total. The topological polar surface area (TPSA) is 41.6 Å². The summed E-state index contributed by atoms with van der Waals surface area (Å²) in [6, 6.07) is 12.0. The average Bonchev–Trinajstić information content (AvgIpc) is 2.73. The van der Waals surface area contributed by atoms with Gasteiger partial charge in [-0.2, -0.15) is 10.4 Å². The molecule has 0 saturated heterocycles. The third kappa shape index (κ3) is 2.21. The molecule has 0 aliphatic carbocycles. The third-order valence-electron chi connectivity index (χ3n) is 2.57. The van der Waals surface area contributed by atoms with Crippen LogP contribution >= 0.6 is 0 Å². The van der Waals surface area contributed by atoms with Crippen LogP contribution in [0.3, 0.4) is 0 Å². The molecular weight excluding hydrogens is 210 g/mol. The van der Waals surface area contributed by atoms with Crippen molar-refractivity contribution in [3.05, 3.63) is 42.1 Å². The Labute approximate surface area is 101 Å². The van der Waals surface area contributed by atoms with Crippen molar-refractivity contribution in [1.29, 1.82) is 5.26 Å². The molecule has 17 heavy (non-hydrogen) atoms. The van der Waals surface area contributed by atoms with Gasteiger partial charge in [0.05, 0.1) is 11.1 Å². The Morgan fingerprint density at radius 1 is 1.18 bits per heavy atom. The SMILES string of the molecule is CC(C)(C)n1cc(C#N)c(-c2ccccc2)n1. The predicted octanol–water partition coefficient (Wildman–Crippen LogP) is 3.18. The molecule has 0 saturated carbocycles. The molecule has 0 aliphatic rings. The zero-order chi connectivity index (χ0) is 12.5. The van der Waals surface area contributed by atoms with E-state index in [1.165, 1.54) is 0 Å². The Kier molecular flexibility index (Phi) is 2.72. The van der Waals surface area contributed by atoms with Crippen LogP contribution in [0, 0.1) is 11.3 Å². The summed E-state index contributed by atoms with van der Waals surface area (Å²) in [5.74, 6) is 0. The maximum absolute atomic E-state index is 9.16. The van der Waals surface area contributed by atoms with Crippen molar-refractivity contribution in [2.24, 2.45) is 0 Å². The van der Waals surface area contributed by atoms with Gasteiger partial charge >= 0.3 is 0 Å². The fraction of sp³-hybridized carbons (Fsp3) is 0.286. The summed E-state index contributed by atoms with van der Waals surface area (Å²) in [6.07, 6.45) is 1.81. The normalized spacial score (nSPS) is 11.2. The summed E-state index contributed by atoms with van der Waals surface area (Å²) in [7, 11) is 0. The number of hydrogen-bond donors (Lipinski definition) is 0. The largest absolute Gasteiger partial charge is 0.265 e. The van der Waals surface area contributed by atoms with E-state index in [1.54, 1.807) is 0 Å². The van der Waals surface area contributed by atoms with Crippen LogP contribution in [0.2, 0.25) is 0 Å². The molecule has 1 heterocycles. The van der Waals surface area contributed by atoms with Crippen LogP contribution in [0.15, 0.2) is 36.5 Å². The molecule has 0 amide bonds. The Bertz CT molecular complexity index is 553. The van der Waals surface area contributed by atoms with Gasteiger partial charge < -0.3 is 0 Å². The number of nitriles is 1. The third-order valence-corrected chi connectivity index (χ3v) is 2.57. The van der Waals surface area contributed by atoms with E-state index in [2.05, 4.69) is 31.9 Å². The number of nitrogens with zero attached hydrogens (tertiary/aromatic N) is 3. The van der Waals surface area contributed by atoms with Gasteiger partial charge in [-0.05, 0) is 20.8 Å². The number of hydrogen-bond acceptors (Lipinski definition) is 2. The van der Waals surface area contributed by atoms with Gasteiger partial charge in [0, 0.05) is 11.8 Å². The summed E-state index contributed by atoms with van der Waals surface area (Å²) < 4.78 is 1.84. The van der Waals surface area contributed by atoms with Crippen LogP contribution in [0.5, 0.6) is 0 Å². The molecule has 3 nitrogen and oxygen atoms in total. The first-order chi connectivity index (χ1) is 8.02. The van der Waals surface area contributed by atoms with E-state index in [-0.39, 0.29) is 5.54 Å². The minimum absolute atomic E-state index is 0.112. The molecule has 1 aromatic heterocycles. The standard InChI is InChI=1S/C14H15N3/c1-14(2,3)17-10-12(9-15)13(16-17)11-7-5-4-6-8-11/h4-8,10H,1-3H3. The van der Waals surface area contributed by atoms with Crippen molar-refractivity contribution in [2.45, 2.75) is 26.3 Å². The fourth-order valence-corrected chi connectivity index (χ4v) is 1.61. The van der Waals surface area contributed by atoms with Crippen LogP contribution in [0.4, 0.5) is 0 Å². The minimum atomic E-state index is -0.112. The van der Waals surface area contributed by atoms with Gasteiger partial charge in [-0.25, -0.2) is 0 Å². The highest BCUT2D eigenvalue weighted by Crippen LogP contribution is 2.24.